The van der Waals surface area contributed by atoms with Crippen LogP contribution in [-0.4, -0.2) is 11.1 Å². The predicted octanol–water partition coefficient (Wildman–Crippen LogP) is 3.42. The number of carboxylic acid groups (broad SMARTS) is 1. The Hall–Kier alpha value is -0.830. The summed E-state index contributed by atoms with van der Waals surface area (Å²) in [6.45, 7) is 2.11. The molecule has 0 spiro atoms. The molecule has 0 atom stereocenters. The van der Waals surface area contributed by atoms with Crippen molar-refractivity contribution in [3.05, 3.63) is 33.8 Å². The summed E-state index contributed by atoms with van der Waals surface area (Å²) < 4.78 is 1.08. The molecule has 0 aliphatic carbocycles. The molecule has 0 amide bonds. The predicted molar refractivity (Wildman–Crippen MR) is 64.1 cm³/mol. The minimum Gasteiger partial charge on any atom is -0.481 e. The van der Waals surface area contributed by atoms with Crippen molar-refractivity contribution in [2.75, 3.05) is 0 Å². The fraction of sp³-hybridized carbons (Fsp3) is 0.417. The lowest BCUT2D eigenvalue weighted by Crippen LogP contribution is -1.98. The van der Waals surface area contributed by atoms with Crippen molar-refractivity contribution in [1.82, 2.24) is 0 Å². The molecule has 2 nitrogen and oxygen atoms in total. The standard InChI is InChI=1S/C12H15BrO2/c1-2-9-8-11(13)7-6-10(9)4-3-5-12(14)15/h6-8H,2-5H2,1H3,(H,14,15). The molecule has 0 fully saturated rings. The van der Waals surface area contributed by atoms with Crippen molar-refractivity contribution >= 4 is 21.9 Å². The summed E-state index contributed by atoms with van der Waals surface area (Å²) in [5, 5.41) is 8.55. The van der Waals surface area contributed by atoms with Gasteiger partial charge < -0.3 is 5.11 Å². The third kappa shape index (κ3) is 4.04. The number of aliphatic carboxylic acids is 1. The maximum atomic E-state index is 10.4. The second kappa shape index (κ2) is 5.91. The average molecular weight is 271 g/mol. The number of carboxylic acids is 1. The molecule has 0 aliphatic rings. The second-order valence-electron chi connectivity index (χ2n) is 3.51. The SMILES string of the molecule is CCc1cc(Br)ccc1CCCC(=O)O. The van der Waals surface area contributed by atoms with Crippen LogP contribution in [0.3, 0.4) is 0 Å². The summed E-state index contributed by atoms with van der Waals surface area (Å²) in [6.07, 6.45) is 2.80. The molecule has 0 unspecified atom stereocenters. The fourth-order valence-corrected chi connectivity index (χ4v) is 2.01. The molecule has 0 saturated carbocycles. The van der Waals surface area contributed by atoms with Gasteiger partial charge >= 0.3 is 5.97 Å². The molecule has 0 aliphatic heterocycles. The highest BCUT2D eigenvalue weighted by molar-refractivity contribution is 9.10. The first-order valence-electron chi connectivity index (χ1n) is 5.12. The minimum atomic E-state index is -0.717. The topological polar surface area (TPSA) is 37.3 Å². The highest BCUT2D eigenvalue weighted by Crippen LogP contribution is 2.19. The summed E-state index contributed by atoms with van der Waals surface area (Å²) in [5.74, 6) is -0.717. The van der Waals surface area contributed by atoms with Crippen LogP contribution in [0.4, 0.5) is 0 Å². The van der Waals surface area contributed by atoms with Gasteiger partial charge in [0, 0.05) is 10.9 Å². The third-order valence-electron chi connectivity index (χ3n) is 2.39. The van der Waals surface area contributed by atoms with Crippen LogP contribution in [0.1, 0.15) is 30.9 Å². The van der Waals surface area contributed by atoms with Crippen molar-refractivity contribution in [2.24, 2.45) is 0 Å². The first kappa shape index (κ1) is 12.2. The molecule has 0 heterocycles. The van der Waals surface area contributed by atoms with Gasteiger partial charge in [-0.25, -0.2) is 0 Å². The van der Waals surface area contributed by atoms with E-state index in [1.165, 1.54) is 11.1 Å². The first-order chi connectivity index (χ1) is 7.13. The van der Waals surface area contributed by atoms with Gasteiger partial charge in [-0.2, -0.15) is 0 Å². The number of carbonyl (C=O) groups is 1. The first-order valence-corrected chi connectivity index (χ1v) is 5.92. The molecular formula is C12H15BrO2. The molecule has 0 saturated heterocycles. The number of benzene rings is 1. The summed E-state index contributed by atoms with van der Waals surface area (Å²) in [6, 6.07) is 6.19. The van der Waals surface area contributed by atoms with E-state index in [9.17, 15) is 4.79 Å². The Morgan fingerprint density at radius 1 is 1.40 bits per heavy atom. The second-order valence-corrected chi connectivity index (χ2v) is 4.43. The average Bonchev–Trinajstić information content (AvgIpc) is 2.19. The molecule has 15 heavy (non-hydrogen) atoms. The van der Waals surface area contributed by atoms with Gasteiger partial charge in [0.05, 0.1) is 0 Å². The van der Waals surface area contributed by atoms with E-state index >= 15 is 0 Å². The lowest BCUT2D eigenvalue weighted by molar-refractivity contribution is -0.137. The van der Waals surface area contributed by atoms with Crippen LogP contribution in [0.15, 0.2) is 22.7 Å². The fourth-order valence-electron chi connectivity index (χ4n) is 1.60. The zero-order chi connectivity index (χ0) is 11.3. The van der Waals surface area contributed by atoms with E-state index in [1.807, 2.05) is 6.07 Å². The summed E-state index contributed by atoms with van der Waals surface area (Å²) >= 11 is 3.43. The van der Waals surface area contributed by atoms with E-state index in [1.54, 1.807) is 0 Å². The largest absolute Gasteiger partial charge is 0.481 e. The van der Waals surface area contributed by atoms with Crippen LogP contribution >= 0.6 is 15.9 Å². The van der Waals surface area contributed by atoms with Crippen molar-refractivity contribution in [1.29, 1.82) is 0 Å². The van der Waals surface area contributed by atoms with E-state index < -0.39 is 5.97 Å². The van der Waals surface area contributed by atoms with Gasteiger partial charge in [-0.1, -0.05) is 28.9 Å². The third-order valence-corrected chi connectivity index (χ3v) is 2.88. The van der Waals surface area contributed by atoms with Crippen LogP contribution in [0.2, 0.25) is 0 Å². The van der Waals surface area contributed by atoms with Gasteiger partial charge in [-0.05, 0) is 42.5 Å². The zero-order valence-electron chi connectivity index (χ0n) is 8.79. The van der Waals surface area contributed by atoms with Crippen molar-refractivity contribution < 1.29 is 9.90 Å². The van der Waals surface area contributed by atoms with Gasteiger partial charge in [0.15, 0.2) is 0 Å². The van der Waals surface area contributed by atoms with E-state index in [0.717, 1.165) is 17.3 Å². The van der Waals surface area contributed by atoms with Crippen LogP contribution in [0.25, 0.3) is 0 Å². The van der Waals surface area contributed by atoms with Gasteiger partial charge in [0.2, 0.25) is 0 Å². The molecule has 82 valence electrons. The monoisotopic (exact) mass is 270 g/mol. The number of rotatable bonds is 5. The van der Waals surface area contributed by atoms with E-state index in [4.69, 9.17) is 5.11 Å². The Bertz CT molecular complexity index is 347. The molecule has 1 aromatic carbocycles. The minimum absolute atomic E-state index is 0.249. The number of hydrogen-bond donors (Lipinski definition) is 1. The Kier molecular flexibility index (Phi) is 4.82. The van der Waals surface area contributed by atoms with E-state index in [2.05, 4.69) is 35.0 Å². The zero-order valence-corrected chi connectivity index (χ0v) is 10.4. The van der Waals surface area contributed by atoms with Crippen molar-refractivity contribution in [2.45, 2.75) is 32.6 Å². The molecule has 1 N–H and O–H groups in total. The summed E-state index contributed by atoms with van der Waals surface area (Å²) in [4.78, 5) is 10.4. The lowest BCUT2D eigenvalue weighted by atomic mass is 10.0. The molecule has 0 bridgehead atoms. The summed E-state index contributed by atoms with van der Waals surface area (Å²) in [5.41, 5.74) is 2.57. The summed E-state index contributed by atoms with van der Waals surface area (Å²) in [7, 11) is 0. The Labute approximate surface area is 98.4 Å². The van der Waals surface area contributed by atoms with Crippen molar-refractivity contribution in [3.8, 4) is 0 Å². The highest BCUT2D eigenvalue weighted by atomic mass is 79.9. The van der Waals surface area contributed by atoms with Gasteiger partial charge in [-0.3, -0.25) is 4.79 Å². The van der Waals surface area contributed by atoms with E-state index in [-0.39, 0.29) is 6.42 Å². The quantitative estimate of drug-likeness (QED) is 0.890. The highest BCUT2D eigenvalue weighted by Gasteiger charge is 2.03. The number of hydrogen-bond acceptors (Lipinski definition) is 1. The molecule has 0 aromatic heterocycles. The van der Waals surface area contributed by atoms with Gasteiger partial charge in [-0.15, -0.1) is 0 Å². The molecule has 1 aromatic rings. The van der Waals surface area contributed by atoms with Crippen LogP contribution in [-0.2, 0) is 17.6 Å². The van der Waals surface area contributed by atoms with Crippen molar-refractivity contribution in [3.63, 3.8) is 0 Å². The van der Waals surface area contributed by atoms with Crippen LogP contribution < -0.4 is 0 Å². The Balaban J connectivity index is 2.63. The normalized spacial score (nSPS) is 10.3. The van der Waals surface area contributed by atoms with Crippen LogP contribution in [0.5, 0.6) is 0 Å². The lowest BCUT2D eigenvalue weighted by Gasteiger charge is -2.07. The molecular weight excluding hydrogens is 256 g/mol. The molecule has 1 rings (SSSR count). The Morgan fingerprint density at radius 3 is 2.73 bits per heavy atom. The number of halogens is 1. The molecule has 3 heteroatoms. The Morgan fingerprint density at radius 2 is 2.13 bits per heavy atom. The van der Waals surface area contributed by atoms with Gasteiger partial charge in [0.25, 0.3) is 0 Å². The maximum Gasteiger partial charge on any atom is 0.303 e. The van der Waals surface area contributed by atoms with Crippen LogP contribution in [0, 0.1) is 0 Å². The van der Waals surface area contributed by atoms with E-state index in [0.29, 0.717) is 6.42 Å². The smallest absolute Gasteiger partial charge is 0.303 e. The van der Waals surface area contributed by atoms with Gasteiger partial charge in [0.1, 0.15) is 0 Å². The number of aryl methyl sites for hydroxylation is 2. The molecule has 0 radical (unpaired) electrons. The maximum absolute atomic E-state index is 10.4.